The van der Waals surface area contributed by atoms with Crippen molar-refractivity contribution in [3.8, 4) is 17.1 Å². The van der Waals surface area contributed by atoms with Crippen molar-refractivity contribution in [3.63, 3.8) is 0 Å². The number of aromatic amines is 1. The van der Waals surface area contributed by atoms with Crippen LogP contribution in [0.2, 0.25) is 5.02 Å². The number of anilines is 1. The molecule has 0 saturated carbocycles. The number of hydrogen-bond acceptors (Lipinski definition) is 7. The van der Waals surface area contributed by atoms with E-state index in [0.717, 1.165) is 46.6 Å². The van der Waals surface area contributed by atoms with Gasteiger partial charge >= 0.3 is 0 Å². The highest BCUT2D eigenvalue weighted by molar-refractivity contribution is 6.36. The first kappa shape index (κ1) is 25.0. The minimum atomic E-state index is -0.157. The zero-order chi connectivity index (χ0) is 25.9. The molecule has 1 fully saturated rings. The van der Waals surface area contributed by atoms with Crippen LogP contribution in [0, 0.1) is 0 Å². The number of amides is 1. The van der Waals surface area contributed by atoms with Crippen molar-refractivity contribution in [3.05, 3.63) is 52.9 Å². The Morgan fingerprint density at radius 1 is 1.24 bits per heavy atom. The molecule has 4 aromatic rings. The predicted octanol–water partition coefficient (Wildman–Crippen LogP) is 3.34. The van der Waals surface area contributed by atoms with Gasteiger partial charge in [0.05, 0.1) is 35.6 Å². The van der Waals surface area contributed by atoms with Crippen molar-refractivity contribution in [2.24, 2.45) is 7.05 Å². The van der Waals surface area contributed by atoms with Crippen LogP contribution in [0.25, 0.3) is 22.3 Å². The molecule has 0 radical (unpaired) electrons. The van der Waals surface area contributed by atoms with Crippen molar-refractivity contribution in [2.75, 3.05) is 37.8 Å². The van der Waals surface area contributed by atoms with E-state index in [1.54, 1.807) is 10.9 Å². The summed E-state index contributed by atoms with van der Waals surface area (Å²) in [7, 11) is 1.88. The van der Waals surface area contributed by atoms with Crippen LogP contribution in [0.3, 0.4) is 0 Å². The van der Waals surface area contributed by atoms with E-state index in [0.29, 0.717) is 36.2 Å². The number of nitrogens with zero attached hydrogens (tertiary/aromatic N) is 5. The van der Waals surface area contributed by atoms with Gasteiger partial charge in [0, 0.05) is 43.5 Å². The van der Waals surface area contributed by atoms with Gasteiger partial charge in [-0.05, 0) is 43.7 Å². The van der Waals surface area contributed by atoms with Gasteiger partial charge in [-0.2, -0.15) is 10.2 Å². The summed E-state index contributed by atoms with van der Waals surface area (Å²) in [6.45, 7) is 6.51. The summed E-state index contributed by atoms with van der Waals surface area (Å²) in [6.07, 6.45) is 2.26. The maximum atomic E-state index is 12.2. The lowest BCUT2D eigenvalue weighted by Gasteiger charge is -2.30. The maximum absolute atomic E-state index is 12.2. The van der Waals surface area contributed by atoms with Gasteiger partial charge in [-0.25, -0.2) is 4.98 Å². The summed E-state index contributed by atoms with van der Waals surface area (Å²) in [5.74, 6) is 1.88. The molecule has 1 aliphatic heterocycles. The molecule has 2 aromatic carbocycles. The average Bonchev–Trinajstić information content (AvgIpc) is 3.52. The zero-order valence-electron chi connectivity index (χ0n) is 21.1. The van der Waals surface area contributed by atoms with Crippen LogP contribution < -0.4 is 15.0 Å². The highest BCUT2D eigenvalue weighted by Crippen LogP contribution is 2.34. The predicted molar refractivity (Wildman–Crippen MR) is 142 cm³/mol. The highest BCUT2D eigenvalue weighted by atomic mass is 35.5. The Morgan fingerprint density at radius 2 is 2.05 bits per heavy atom. The summed E-state index contributed by atoms with van der Waals surface area (Å²) in [5.41, 5.74) is 3.60. The Kier molecular flexibility index (Phi) is 7.29. The minimum Gasteiger partial charge on any atom is -0.482 e. The van der Waals surface area contributed by atoms with Gasteiger partial charge < -0.3 is 19.7 Å². The fourth-order valence-corrected chi connectivity index (χ4v) is 4.65. The fraction of sp³-hybridized carbons (Fsp3) is 0.385. The largest absolute Gasteiger partial charge is 0.482 e. The summed E-state index contributed by atoms with van der Waals surface area (Å²) >= 11 is 6.64. The van der Waals surface area contributed by atoms with Gasteiger partial charge in [0.1, 0.15) is 11.6 Å². The first-order valence-corrected chi connectivity index (χ1v) is 12.7. The Hall–Kier alpha value is -3.63. The molecule has 37 heavy (non-hydrogen) atoms. The Morgan fingerprint density at radius 3 is 2.84 bits per heavy atom. The van der Waals surface area contributed by atoms with Gasteiger partial charge in [-0.1, -0.05) is 17.7 Å². The second kappa shape index (κ2) is 10.8. The number of carbonyl (C=O) groups is 1. The molecule has 194 valence electrons. The summed E-state index contributed by atoms with van der Waals surface area (Å²) in [6, 6.07) is 9.82. The van der Waals surface area contributed by atoms with Crippen LogP contribution in [-0.4, -0.2) is 69.8 Å². The molecule has 1 aliphatic rings. The first-order valence-electron chi connectivity index (χ1n) is 12.3. The van der Waals surface area contributed by atoms with E-state index in [9.17, 15) is 4.79 Å². The van der Waals surface area contributed by atoms with Gasteiger partial charge in [-0.15, -0.1) is 0 Å². The second-order valence-corrected chi connectivity index (χ2v) is 9.69. The summed E-state index contributed by atoms with van der Waals surface area (Å²) < 4.78 is 13.2. The molecule has 0 unspecified atom stereocenters. The van der Waals surface area contributed by atoms with Crippen LogP contribution in [0.5, 0.6) is 5.75 Å². The third-order valence-electron chi connectivity index (χ3n) is 6.22. The van der Waals surface area contributed by atoms with Gasteiger partial charge in [0.2, 0.25) is 0 Å². The average molecular weight is 524 g/mol. The number of aryl methyl sites for hydroxylation is 1. The molecule has 0 bridgehead atoms. The number of nitrogens with one attached hydrogen (secondary N) is 2. The number of H-pyrrole nitrogens is 1. The van der Waals surface area contributed by atoms with Crippen LogP contribution >= 0.6 is 11.6 Å². The normalized spacial score (nSPS) is 13.9. The molecular weight excluding hydrogens is 494 g/mol. The molecule has 3 heterocycles. The van der Waals surface area contributed by atoms with Crippen LogP contribution in [-0.2, 0) is 23.0 Å². The van der Waals surface area contributed by atoms with E-state index in [1.165, 1.54) is 0 Å². The number of carbonyl (C=O) groups excluding carboxylic acids is 1. The number of ether oxygens (including phenoxy) is 2. The van der Waals surface area contributed by atoms with Crippen molar-refractivity contribution in [2.45, 2.75) is 26.3 Å². The van der Waals surface area contributed by atoms with Crippen molar-refractivity contribution < 1.29 is 14.3 Å². The monoisotopic (exact) mass is 523 g/mol. The molecule has 1 amide bonds. The number of aromatic nitrogens is 5. The molecule has 11 heteroatoms. The van der Waals surface area contributed by atoms with Gasteiger partial charge in [0.25, 0.3) is 5.91 Å². The van der Waals surface area contributed by atoms with Crippen molar-refractivity contribution in [1.29, 1.82) is 0 Å². The van der Waals surface area contributed by atoms with Gasteiger partial charge in [0.15, 0.2) is 12.4 Å². The standard InChI is InChI=1S/C26H30ClN7O3/c1-16(2)29-24(35)15-37-22-7-5-18(12-21(22)34-8-10-36-11-9-34)26-30-23(33(3)32-26)13-17-4-6-20-19(25(17)27)14-28-31-20/h4-7,12,14,16H,8-11,13,15H2,1-3H3,(H,28,31)(H,29,35). The van der Waals surface area contributed by atoms with E-state index in [1.807, 2.05) is 51.2 Å². The smallest absolute Gasteiger partial charge is 0.258 e. The van der Waals surface area contributed by atoms with Gasteiger partial charge in [-0.3, -0.25) is 14.6 Å². The van der Waals surface area contributed by atoms with E-state index < -0.39 is 0 Å². The third-order valence-corrected chi connectivity index (χ3v) is 6.66. The van der Waals surface area contributed by atoms with E-state index >= 15 is 0 Å². The summed E-state index contributed by atoms with van der Waals surface area (Å²) in [5, 5.41) is 16.1. The number of fused-ring (bicyclic) bond motifs is 1. The minimum absolute atomic E-state index is 0.0530. The molecular formula is C26H30ClN7O3. The van der Waals surface area contributed by atoms with E-state index in [4.69, 9.17) is 26.1 Å². The number of rotatable bonds is 8. The lowest BCUT2D eigenvalue weighted by molar-refractivity contribution is -0.123. The lowest BCUT2D eigenvalue weighted by Crippen LogP contribution is -2.37. The first-order chi connectivity index (χ1) is 17.9. The SMILES string of the molecule is CC(C)NC(=O)COc1ccc(-c2nc(Cc3ccc4[nH]ncc4c3Cl)n(C)n2)cc1N1CCOCC1. The summed E-state index contributed by atoms with van der Waals surface area (Å²) in [4.78, 5) is 19.2. The molecule has 0 aliphatic carbocycles. The second-order valence-electron chi connectivity index (χ2n) is 9.31. The van der Waals surface area contributed by atoms with E-state index in [-0.39, 0.29) is 18.6 Å². The molecule has 0 atom stereocenters. The van der Waals surface area contributed by atoms with Crippen LogP contribution in [0.4, 0.5) is 5.69 Å². The molecule has 2 N–H and O–H groups in total. The Labute approximate surface area is 219 Å². The fourth-order valence-electron chi connectivity index (χ4n) is 4.36. The quantitative estimate of drug-likeness (QED) is 0.364. The molecule has 10 nitrogen and oxygen atoms in total. The third kappa shape index (κ3) is 5.55. The molecule has 2 aromatic heterocycles. The molecule has 1 saturated heterocycles. The highest BCUT2D eigenvalue weighted by Gasteiger charge is 2.20. The molecule has 0 spiro atoms. The number of hydrogen-bond donors (Lipinski definition) is 2. The Balaban J connectivity index is 1.41. The lowest BCUT2D eigenvalue weighted by atomic mass is 10.1. The number of benzene rings is 2. The zero-order valence-corrected chi connectivity index (χ0v) is 21.9. The number of halogens is 1. The van der Waals surface area contributed by atoms with Crippen LogP contribution in [0.15, 0.2) is 36.5 Å². The van der Waals surface area contributed by atoms with E-state index in [2.05, 4.69) is 25.5 Å². The topological polar surface area (TPSA) is 110 Å². The van der Waals surface area contributed by atoms with Crippen LogP contribution in [0.1, 0.15) is 25.2 Å². The van der Waals surface area contributed by atoms with Crippen molar-refractivity contribution in [1.82, 2.24) is 30.3 Å². The maximum Gasteiger partial charge on any atom is 0.258 e. The molecule has 5 rings (SSSR count). The van der Waals surface area contributed by atoms with Crippen molar-refractivity contribution >= 4 is 34.1 Å². The Bertz CT molecular complexity index is 1410. The number of morpholine rings is 1.